The van der Waals surface area contributed by atoms with E-state index in [4.69, 9.17) is 10.8 Å². The maximum atomic E-state index is 11.2. The molecule has 0 amide bonds. The van der Waals surface area contributed by atoms with Gasteiger partial charge in [0, 0.05) is 13.1 Å². The predicted octanol–water partition coefficient (Wildman–Crippen LogP) is 2.59. The summed E-state index contributed by atoms with van der Waals surface area (Å²) in [6.45, 7) is 2.04. The fourth-order valence-electron chi connectivity index (χ4n) is 2.51. The Bertz CT molecular complexity index is 479. The first-order chi connectivity index (χ1) is 9.15. The molecule has 3 rings (SSSR count). The zero-order chi connectivity index (χ0) is 13.4. The zero-order valence-electron chi connectivity index (χ0n) is 11.0. The minimum Gasteiger partial charge on any atom is -0.478 e. The van der Waals surface area contributed by atoms with Gasteiger partial charge in [-0.25, -0.2) is 4.79 Å². The molecule has 2 fully saturated rings. The lowest BCUT2D eigenvalue weighted by molar-refractivity contribution is 0.0698. The maximum Gasteiger partial charge on any atom is 0.337 e. The minimum atomic E-state index is -0.947. The number of nitrogens with zero attached hydrogens (tertiary/aromatic N) is 1. The molecule has 0 atom stereocenters. The summed E-state index contributed by atoms with van der Waals surface area (Å²) in [7, 11) is 0. The largest absolute Gasteiger partial charge is 0.478 e. The first-order valence-corrected chi connectivity index (χ1v) is 7.02. The van der Waals surface area contributed by atoms with Crippen molar-refractivity contribution in [1.82, 2.24) is 0 Å². The quantitative estimate of drug-likeness (QED) is 0.771. The number of hydrogen-bond acceptors (Lipinski definition) is 3. The Labute approximate surface area is 113 Å². The second-order valence-electron chi connectivity index (χ2n) is 5.84. The number of rotatable bonds is 6. The number of carbonyl (C=O) groups is 1. The van der Waals surface area contributed by atoms with E-state index >= 15 is 0 Å². The summed E-state index contributed by atoms with van der Waals surface area (Å²) in [5.41, 5.74) is 7.59. The number of hydrogen-bond donors (Lipinski definition) is 2. The second kappa shape index (κ2) is 4.76. The second-order valence-corrected chi connectivity index (χ2v) is 5.84. The number of nitrogen functional groups attached to an aromatic ring is 1. The SMILES string of the molecule is Nc1c(C(=O)O)cccc1N(CC1CC1)CC1CC1. The van der Waals surface area contributed by atoms with E-state index in [0.717, 1.165) is 30.6 Å². The molecule has 3 N–H and O–H groups in total. The molecule has 0 aromatic heterocycles. The van der Waals surface area contributed by atoms with Gasteiger partial charge in [0.2, 0.25) is 0 Å². The van der Waals surface area contributed by atoms with Crippen molar-refractivity contribution >= 4 is 17.3 Å². The van der Waals surface area contributed by atoms with Gasteiger partial charge < -0.3 is 15.7 Å². The summed E-state index contributed by atoms with van der Waals surface area (Å²) in [6.07, 6.45) is 5.17. The molecule has 0 unspecified atom stereocenters. The highest BCUT2D eigenvalue weighted by Gasteiger charge is 2.30. The Balaban J connectivity index is 1.86. The van der Waals surface area contributed by atoms with Gasteiger partial charge in [0.05, 0.1) is 16.9 Å². The number of carboxylic acid groups (broad SMARTS) is 1. The molecule has 2 aliphatic rings. The molecule has 2 aliphatic carbocycles. The summed E-state index contributed by atoms with van der Waals surface area (Å²) >= 11 is 0. The van der Waals surface area contributed by atoms with E-state index in [9.17, 15) is 4.79 Å². The Morgan fingerprint density at radius 3 is 2.26 bits per heavy atom. The standard InChI is InChI=1S/C15H20N2O2/c16-14-12(15(18)19)2-1-3-13(14)17(8-10-4-5-10)9-11-6-7-11/h1-3,10-11H,4-9,16H2,(H,18,19). The Hall–Kier alpha value is -1.71. The molecule has 102 valence electrons. The van der Waals surface area contributed by atoms with Gasteiger partial charge in [-0.1, -0.05) is 6.07 Å². The van der Waals surface area contributed by atoms with Crippen LogP contribution >= 0.6 is 0 Å². The predicted molar refractivity (Wildman–Crippen MR) is 75.5 cm³/mol. The molecular weight excluding hydrogens is 240 g/mol. The third-order valence-electron chi connectivity index (χ3n) is 4.01. The van der Waals surface area contributed by atoms with Crippen molar-refractivity contribution in [3.8, 4) is 0 Å². The summed E-state index contributed by atoms with van der Waals surface area (Å²) in [6, 6.07) is 5.32. The molecule has 0 spiro atoms. The average molecular weight is 260 g/mol. The van der Waals surface area contributed by atoms with Crippen molar-refractivity contribution in [1.29, 1.82) is 0 Å². The highest BCUT2D eigenvalue weighted by molar-refractivity contribution is 5.97. The van der Waals surface area contributed by atoms with Gasteiger partial charge >= 0.3 is 5.97 Å². The third-order valence-corrected chi connectivity index (χ3v) is 4.01. The fourth-order valence-corrected chi connectivity index (χ4v) is 2.51. The molecule has 0 radical (unpaired) electrons. The van der Waals surface area contributed by atoms with Crippen LogP contribution in [0.4, 0.5) is 11.4 Å². The molecule has 0 saturated heterocycles. The lowest BCUT2D eigenvalue weighted by Gasteiger charge is -2.26. The van der Waals surface area contributed by atoms with E-state index in [2.05, 4.69) is 4.90 Å². The van der Waals surface area contributed by atoms with Gasteiger partial charge in [-0.3, -0.25) is 0 Å². The molecule has 1 aromatic rings. The molecule has 4 nitrogen and oxygen atoms in total. The van der Waals surface area contributed by atoms with E-state index < -0.39 is 5.97 Å². The summed E-state index contributed by atoms with van der Waals surface area (Å²) in [5.74, 6) is 0.593. The van der Waals surface area contributed by atoms with Gasteiger partial charge in [-0.15, -0.1) is 0 Å². The topological polar surface area (TPSA) is 66.6 Å². The van der Waals surface area contributed by atoms with Crippen LogP contribution in [0.2, 0.25) is 0 Å². The lowest BCUT2D eigenvalue weighted by atomic mass is 10.1. The number of nitrogens with two attached hydrogens (primary N) is 1. The summed E-state index contributed by atoms with van der Waals surface area (Å²) in [5, 5.41) is 9.16. The van der Waals surface area contributed by atoms with Crippen LogP contribution in [-0.4, -0.2) is 24.2 Å². The van der Waals surface area contributed by atoms with Gasteiger partial charge in [0.1, 0.15) is 0 Å². The molecular formula is C15H20N2O2. The van der Waals surface area contributed by atoms with Crippen molar-refractivity contribution in [3.05, 3.63) is 23.8 Å². The number of anilines is 2. The van der Waals surface area contributed by atoms with Crippen LogP contribution in [0.25, 0.3) is 0 Å². The molecule has 4 heteroatoms. The van der Waals surface area contributed by atoms with Crippen LogP contribution in [0.5, 0.6) is 0 Å². The molecule has 1 aromatic carbocycles. The monoisotopic (exact) mass is 260 g/mol. The van der Waals surface area contributed by atoms with Gasteiger partial charge in [0.25, 0.3) is 0 Å². The minimum absolute atomic E-state index is 0.217. The normalized spacial score (nSPS) is 18.3. The van der Waals surface area contributed by atoms with E-state index in [1.54, 1.807) is 12.1 Å². The Morgan fingerprint density at radius 1 is 1.21 bits per heavy atom. The molecule has 0 bridgehead atoms. The highest BCUT2D eigenvalue weighted by atomic mass is 16.4. The zero-order valence-corrected chi connectivity index (χ0v) is 11.0. The van der Waals surface area contributed by atoms with Crippen molar-refractivity contribution in [2.75, 3.05) is 23.7 Å². The Kier molecular flexibility index (Phi) is 3.09. The van der Waals surface area contributed by atoms with E-state index in [-0.39, 0.29) is 5.56 Å². The van der Waals surface area contributed by atoms with Crippen LogP contribution in [-0.2, 0) is 0 Å². The van der Waals surface area contributed by atoms with Crippen LogP contribution < -0.4 is 10.6 Å². The van der Waals surface area contributed by atoms with Gasteiger partial charge in [-0.05, 0) is 49.7 Å². The maximum absolute atomic E-state index is 11.2. The van der Waals surface area contributed by atoms with Crippen molar-refractivity contribution in [2.45, 2.75) is 25.7 Å². The Morgan fingerprint density at radius 2 is 1.79 bits per heavy atom. The number of carboxylic acids is 1. The van der Waals surface area contributed by atoms with Gasteiger partial charge in [-0.2, -0.15) is 0 Å². The van der Waals surface area contributed by atoms with Crippen molar-refractivity contribution in [2.24, 2.45) is 11.8 Å². The van der Waals surface area contributed by atoms with Crippen molar-refractivity contribution in [3.63, 3.8) is 0 Å². The number of aromatic carboxylic acids is 1. The molecule has 0 aliphatic heterocycles. The first kappa shape index (κ1) is 12.3. The molecule has 0 heterocycles. The van der Waals surface area contributed by atoms with E-state index in [0.29, 0.717) is 5.69 Å². The van der Waals surface area contributed by atoms with E-state index in [1.807, 2.05) is 6.07 Å². The first-order valence-electron chi connectivity index (χ1n) is 7.02. The summed E-state index contributed by atoms with van der Waals surface area (Å²) < 4.78 is 0. The highest BCUT2D eigenvalue weighted by Crippen LogP contribution is 2.37. The van der Waals surface area contributed by atoms with Crippen LogP contribution in [0.3, 0.4) is 0 Å². The molecule has 19 heavy (non-hydrogen) atoms. The van der Waals surface area contributed by atoms with Crippen LogP contribution in [0, 0.1) is 11.8 Å². The van der Waals surface area contributed by atoms with Crippen molar-refractivity contribution < 1.29 is 9.90 Å². The van der Waals surface area contributed by atoms with Crippen LogP contribution in [0.1, 0.15) is 36.0 Å². The van der Waals surface area contributed by atoms with E-state index in [1.165, 1.54) is 25.7 Å². The lowest BCUT2D eigenvalue weighted by Crippen LogP contribution is -2.29. The molecule has 2 saturated carbocycles. The average Bonchev–Trinajstić information content (AvgIpc) is 3.23. The smallest absolute Gasteiger partial charge is 0.337 e. The van der Waals surface area contributed by atoms with Gasteiger partial charge in [0.15, 0.2) is 0 Å². The fraction of sp³-hybridized carbons (Fsp3) is 0.533. The number of benzene rings is 1. The number of para-hydroxylation sites is 1. The third kappa shape index (κ3) is 2.83. The van der Waals surface area contributed by atoms with Crippen LogP contribution in [0.15, 0.2) is 18.2 Å². The summed E-state index contributed by atoms with van der Waals surface area (Å²) in [4.78, 5) is 13.5.